The molecule has 2 aliphatic rings. The molecule has 6 heteroatoms. The summed E-state index contributed by atoms with van der Waals surface area (Å²) in [5, 5.41) is 3.85. The molecule has 0 amide bonds. The van der Waals surface area contributed by atoms with Gasteiger partial charge in [0, 0.05) is 30.1 Å². The van der Waals surface area contributed by atoms with E-state index in [0.29, 0.717) is 30.1 Å². The van der Waals surface area contributed by atoms with E-state index in [1.165, 1.54) is 12.8 Å². The van der Waals surface area contributed by atoms with Crippen LogP contribution in [-0.2, 0) is 10.0 Å². The van der Waals surface area contributed by atoms with E-state index in [0.717, 1.165) is 25.1 Å². The molecule has 2 aliphatic heterocycles. The van der Waals surface area contributed by atoms with Gasteiger partial charge >= 0.3 is 0 Å². The summed E-state index contributed by atoms with van der Waals surface area (Å²) in [6.07, 6.45) is 4.35. The van der Waals surface area contributed by atoms with Crippen molar-refractivity contribution in [3.8, 4) is 0 Å². The molecule has 2 unspecified atom stereocenters. The molecule has 0 aliphatic carbocycles. The third-order valence-corrected chi connectivity index (χ3v) is 6.74. The molecule has 2 rings (SSSR count). The molecule has 1 N–H and O–H groups in total. The van der Waals surface area contributed by atoms with Gasteiger partial charge in [0.2, 0.25) is 10.0 Å². The van der Waals surface area contributed by atoms with Crippen molar-refractivity contribution in [3.05, 3.63) is 0 Å². The van der Waals surface area contributed by atoms with Gasteiger partial charge in [-0.2, -0.15) is 11.8 Å². The highest BCUT2D eigenvalue weighted by molar-refractivity contribution is 8.00. The van der Waals surface area contributed by atoms with Gasteiger partial charge in [-0.15, -0.1) is 0 Å². The van der Waals surface area contributed by atoms with Crippen molar-refractivity contribution < 1.29 is 8.42 Å². The second-order valence-electron chi connectivity index (χ2n) is 5.29. The molecule has 18 heavy (non-hydrogen) atoms. The molecular weight excluding hydrogens is 268 g/mol. The van der Waals surface area contributed by atoms with E-state index < -0.39 is 10.0 Å². The lowest BCUT2D eigenvalue weighted by atomic mass is 10.0. The summed E-state index contributed by atoms with van der Waals surface area (Å²) >= 11 is 1.87. The van der Waals surface area contributed by atoms with E-state index in [1.54, 1.807) is 4.31 Å². The lowest BCUT2D eigenvalue weighted by Crippen LogP contribution is -2.43. The molecule has 0 bridgehead atoms. The summed E-state index contributed by atoms with van der Waals surface area (Å²) in [6, 6.07) is 0.408. The van der Waals surface area contributed by atoms with Crippen LogP contribution in [0.5, 0.6) is 0 Å². The predicted molar refractivity (Wildman–Crippen MR) is 77.5 cm³/mol. The number of nitrogens with zero attached hydrogens (tertiary/aromatic N) is 1. The standard InChI is InChI=1S/C12H24N2O2S2/c1-11-10-14(7-8-17-11)18(15,16)9-5-12-4-2-3-6-13-12/h11-13H,2-10H2,1H3. The van der Waals surface area contributed by atoms with E-state index in [2.05, 4.69) is 12.2 Å². The third kappa shape index (κ3) is 4.11. The van der Waals surface area contributed by atoms with Crippen molar-refractivity contribution in [2.24, 2.45) is 0 Å². The molecule has 2 saturated heterocycles. The normalized spacial score (nSPS) is 31.4. The second kappa shape index (κ2) is 6.59. The molecule has 0 radical (unpaired) electrons. The first kappa shape index (κ1) is 14.6. The van der Waals surface area contributed by atoms with Gasteiger partial charge in [-0.25, -0.2) is 12.7 Å². The van der Waals surface area contributed by atoms with Crippen LogP contribution in [0.15, 0.2) is 0 Å². The Kier molecular flexibility index (Phi) is 5.35. The number of thioether (sulfide) groups is 1. The van der Waals surface area contributed by atoms with Crippen LogP contribution in [0.2, 0.25) is 0 Å². The quantitative estimate of drug-likeness (QED) is 0.848. The second-order valence-corrected chi connectivity index (χ2v) is 8.93. The molecule has 4 nitrogen and oxygen atoms in total. The summed E-state index contributed by atoms with van der Waals surface area (Å²) in [5.41, 5.74) is 0. The Labute approximate surface area is 115 Å². The largest absolute Gasteiger partial charge is 0.314 e. The van der Waals surface area contributed by atoms with E-state index >= 15 is 0 Å². The molecule has 2 heterocycles. The van der Waals surface area contributed by atoms with Gasteiger partial charge in [0.15, 0.2) is 0 Å². The van der Waals surface area contributed by atoms with Gasteiger partial charge < -0.3 is 5.32 Å². The van der Waals surface area contributed by atoms with Crippen LogP contribution < -0.4 is 5.32 Å². The molecule has 0 aromatic heterocycles. The molecular formula is C12H24N2O2S2. The Hall–Kier alpha value is 0.220. The zero-order valence-electron chi connectivity index (χ0n) is 11.1. The number of hydrogen-bond donors (Lipinski definition) is 1. The topological polar surface area (TPSA) is 49.4 Å². The fourth-order valence-corrected chi connectivity index (χ4v) is 5.51. The van der Waals surface area contributed by atoms with Crippen molar-refractivity contribution in [2.45, 2.75) is 43.9 Å². The van der Waals surface area contributed by atoms with Gasteiger partial charge in [-0.1, -0.05) is 13.3 Å². The molecule has 0 spiro atoms. The van der Waals surface area contributed by atoms with Crippen LogP contribution in [0.4, 0.5) is 0 Å². The maximum absolute atomic E-state index is 12.3. The first-order chi connectivity index (χ1) is 8.58. The minimum atomic E-state index is -3.04. The minimum Gasteiger partial charge on any atom is -0.314 e. The van der Waals surface area contributed by atoms with Gasteiger partial charge in [0.05, 0.1) is 5.75 Å². The minimum absolute atomic E-state index is 0.308. The number of sulfonamides is 1. The van der Waals surface area contributed by atoms with Crippen LogP contribution in [0.25, 0.3) is 0 Å². The van der Waals surface area contributed by atoms with Crippen LogP contribution in [0, 0.1) is 0 Å². The third-order valence-electron chi connectivity index (χ3n) is 3.73. The lowest BCUT2D eigenvalue weighted by molar-refractivity contribution is 0.384. The van der Waals surface area contributed by atoms with Crippen molar-refractivity contribution in [1.82, 2.24) is 9.62 Å². The average Bonchev–Trinajstić information content (AvgIpc) is 2.38. The van der Waals surface area contributed by atoms with Crippen LogP contribution in [0.3, 0.4) is 0 Å². The Morgan fingerprint density at radius 3 is 2.89 bits per heavy atom. The predicted octanol–water partition coefficient (Wildman–Crippen LogP) is 1.29. The summed E-state index contributed by atoms with van der Waals surface area (Å²) < 4.78 is 26.2. The maximum Gasteiger partial charge on any atom is 0.214 e. The Morgan fingerprint density at radius 1 is 1.39 bits per heavy atom. The fourth-order valence-electron chi connectivity index (χ4n) is 2.63. The summed E-state index contributed by atoms with van der Waals surface area (Å²) in [6.45, 7) is 4.53. The molecule has 0 aromatic carbocycles. The number of hydrogen-bond acceptors (Lipinski definition) is 4. The number of rotatable bonds is 4. The van der Waals surface area contributed by atoms with E-state index in [1.807, 2.05) is 11.8 Å². The maximum atomic E-state index is 12.3. The molecule has 106 valence electrons. The highest BCUT2D eigenvalue weighted by atomic mass is 32.2. The van der Waals surface area contributed by atoms with Gasteiger partial charge in [-0.3, -0.25) is 0 Å². The molecule has 0 saturated carbocycles. The zero-order chi connectivity index (χ0) is 13.0. The number of nitrogens with one attached hydrogen (secondary N) is 1. The molecule has 0 aromatic rings. The highest BCUT2D eigenvalue weighted by Crippen LogP contribution is 2.21. The lowest BCUT2D eigenvalue weighted by Gasteiger charge is -2.30. The smallest absolute Gasteiger partial charge is 0.214 e. The SMILES string of the molecule is CC1CN(S(=O)(=O)CCC2CCCCN2)CCS1. The van der Waals surface area contributed by atoms with Crippen LogP contribution in [-0.4, -0.2) is 55.2 Å². The van der Waals surface area contributed by atoms with Crippen LogP contribution >= 0.6 is 11.8 Å². The van der Waals surface area contributed by atoms with Crippen molar-refractivity contribution in [2.75, 3.05) is 31.1 Å². The monoisotopic (exact) mass is 292 g/mol. The Balaban J connectivity index is 1.82. The Morgan fingerprint density at radius 2 is 2.22 bits per heavy atom. The van der Waals surface area contributed by atoms with Crippen molar-refractivity contribution in [1.29, 1.82) is 0 Å². The zero-order valence-corrected chi connectivity index (χ0v) is 12.7. The fraction of sp³-hybridized carbons (Fsp3) is 1.00. The van der Waals surface area contributed by atoms with Gasteiger partial charge in [0.1, 0.15) is 0 Å². The van der Waals surface area contributed by atoms with Gasteiger partial charge in [0.25, 0.3) is 0 Å². The molecule has 2 fully saturated rings. The first-order valence-corrected chi connectivity index (χ1v) is 9.56. The first-order valence-electron chi connectivity index (χ1n) is 6.91. The van der Waals surface area contributed by atoms with E-state index in [-0.39, 0.29) is 0 Å². The molecule has 2 atom stereocenters. The van der Waals surface area contributed by atoms with Crippen molar-refractivity contribution in [3.63, 3.8) is 0 Å². The van der Waals surface area contributed by atoms with Gasteiger partial charge in [-0.05, 0) is 25.8 Å². The van der Waals surface area contributed by atoms with Crippen LogP contribution in [0.1, 0.15) is 32.6 Å². The summed E-state index contributed by atoms with van der Waals surface area (Å²) in [4.78, 5) is 0. The highest BCUT2D eigenvalue weighted by Gasteiger charge is 2.28. The summed E-state index contributed by atoms with van der Waals surface area (Å²) in [5.74, 6) is 1.24. The Bertz CT molecular complexity index is 353. The average molecular weight is 292 g/mol. The summed E-state index contributed by atoms with van der Waals surface area (Å²) in [7, 11) is -3.04. The number of piperidine rings is 1. The van der Waals surface area contributed by atoms with E-state index in [4.69, 9.17) is 0 Å². The van der Waals surface area contributed by atoms with Crippen molar-refractivity contribution >= 4 is 21.8 Å². The van der Waals surface area contributed by atoms with E-state index in [9.17, 15) is 8.42 Å².